The van der Waals surface area contributed by atoms with Crippen molar-refractivity contribution in [1.29, 1.82) is 0 Å². The molecule has 1 amide bonds. The predicted octanol–water partition coefficient (Wildman–Crippen LogP) is 5.47. The number of nitrogens with zero attached hydrogens (tertiary/aromatic N) is 7. The van der Waals surface area contributed by atoms with Crippen molar-refractivity contribution in [2.75, 3.05) is 13.1 Å². The summed E-state index contributed by atoms with van der Waals surface area (Å²) in [4.78, 5) is 32.1. The second kappa shape index (κ2) is 9.25. The molecule has 1 saturated heterocycles. The summed E-state index contributed by atoms with van der Waals surface area (Å²) in [6.45, 7) is 1.91. The molecular weight excluding hydrogens is 382 g/mol. The summed E-state index contributed by atoms with van der Waals surface area (Å²) in [6.07, 6.45) is 3.46. The Bertz CT molecular complexity index is 1050. The average molecular weight is 399 g/mol. The summed E-state index contributed by atoms with van der Waals surface area (Å²) in [6, 6.07) is 13.6. The van der Waals surface area contributed by atoms with Crippen LogP contribution in [0.1, 0.15) is 18.1 Å². The van der Waals surface area contributed by atoms with Gasteiger partial charge in [-0.15, -0.1) is 0 Å². The lowest BCUT2D eigenvalue weighted by Gasteiger charge is -2.29. The Kier molecular flexibility index (Phi) is 6.29. The third-order valence-electron chi connectivity index (χ3n) is 4.54. The van der Waals surface area contributed by atoms with E-state index in [0.717, 1.165) is 11.1 Å². The molecule has 9 heteroatoms. The molecular formula is C21H17N7O2. The van der Waals surface area contributed by atoms with E-state index in [4.69, 9.17) is 11.1 Å². The van der Waals surface area contributed by atoms with Crippen LogP contribution in [-0.4, -0.2) is 29.7 Å². The first kappa shape index (κ1) is 20.4. The van der Waals surface area contributed by atoms with E-state index < -0.39 is 0 Å². The Morgan fingerprint density at radius 1 is 0.867 bits per heavy atom. The zero-order valence-corrected chi connectivity index (χ0v) is 16.1. The molecule has 30 heavy (non-hydrogen) atoms. The topological polar surface area (TPSA) is 135 Å². The minimum absolute atomic E-state index is 0.128. The minimum atomic E-state index is -0.134. The van der Waals surface area contributed by atoms with Gasteiger partial charge in [0.1, 0.15) is 0 Å². The molecule has 0 unspecified atom stereocenters. The van der Waals surface area contributed by atoms with Crippen molar-refractivity contribution in [2.45, 2.75) is 6.92 Å². The van der Waals surface area contributed by atoms with Crippen LogP contribution < -0.4 is 0 Å². The SMILES string of the molecule is CC(=O)N1C/C(=C/c2ccc(N=[N+]=[N-])cc2)C(=O)/C(=C/c2ccc(N=[N+]=[N-])cc2)C1. The molecule has 1 heterocycles. The van der Waals surface area contributed by atoms with E-state index in [0.29, 0.717) is 22.5 Å². The number of benzene rings is 2. The monoisotopic (exact) mass is 399 g/mol. The molecule has 1 aliphatic rings. The summed E-state index contributed by atoms with van der Waals surface area (Å²) in [5, 5.41) is 7.05. The number of likely N-dealkylation sites (tertiary alicyclic amines) is 1. The summed E-state index contributed by atoms with van der Waals surface area (Å²) in [5.41, 5.74) is 20.5. The smallest absolute Gasteiger partial charge is 0.220 e. The van der Waals surface area contributed by atoms with Crippen LogP contribution in [-0.2, 0) is 9.59 Å². The van der Waals surface area contributed by atoms with Crippen molar-refractivity contribution in [3.8, 4) is 0 Å². The maximum atomic E-state index is 13.0. The van der Waals surface area contributed by atoms with Crippen LogP contribution in [0, 0.1) is 0 Å². The maximum absolute atomic E-state index is 13.0. The number of azide groups is 2. The number of rotatable bonds is 4. The molecule has 1 fully saturated rings. The zero-order chi connectivity index (χ0) is 21.5. The van der Waals surface area contributed by atoms with E-state index in [2.05, 4.69) is 20.1 Å². The Balaban J connectivity index is 1.94. The summed E-state index contributed by atoms with van der Waals surface area (Å²) >= 11 is 0. The number of Topliss-reactive ketones (excluding diaryl/α,β-unsaturated/α-hetero) is 1. The van der Waals surface area contributed by atoms with Crippen LogP contribution >= 0.6 is 0 Å². The van der Waals surface area contributed by atoms with Gasteiger partial charge < -0.3 is 4.90 Å². The molecule has 3 rings (SSSR count). The molecule has 0 aliphatic carbocycles. The molecule has 0 aromatic heterocycles. The number of piperidine rings is 1. The maximum Gasteiger partial charge on any atom is 0.220 e. The van der Waals surface area contributed by atoms with Crippen LogP contribution in [0.3, 0.4) is 0 Å². The molecule has 0 N–H and O–H groups in total. The van der Waals surface area contributed by atoms with E-state index in [1.54, 1.807) is 65.6 Å². The van der Waals surface area contributed by atoms with Gasteiger partial charge in [-0.3, -0.25) is 9.59 Å². The van der Waals surface area contributed by atoms with Gasteiger partial charge in [-0.25, -0.2) is 0 Å². The molecule has 0 saturated carbocycles. The number of amides is 1. The van der Waals surface area contributed by atoms with Gasteiger partial charge in [0.2, 0.25) is 5.91 Å². The Labute approximate surface area is 172 Å². The normalized spacial score (nSPS) is 16.2. The van der Waals surface area contributed by atoms with Gasteiger partial charge in [-0.1, -0.05) is 58.8 Å². The van der Waals surface area contributed by atoms with Crippen molar-refractivity contribution >= 4 is 35.2 Å². The van der Waals surface area contributed by atoms with Crippen LogP contribution in [0.25, 0.3) is 33.0 Å². The van der Waals surface area contributed by atoms with Crippen LogP contribution in [0.2, 0.25) is 0 Å². The first-order valence-electron chi connectivity index (χ1n) is 9.02. The lowest BCUT2D eigenvalue weighted by molar-refractivity contribution is -0.129. The van der Waals surface area contributed by atoms with Crippen LogP contribution in [0.15, 0.2) is 69.9 Å². The number of hydrogen-bond acceptors (Lipinski definition) is 4. The molecule has 9 nitrogen and oxygen atoms in total. The second-order valence-corrected chi connectivity index (χ2v) is 6.61. The van der Waals surface area contributed by atoms with Crippen molar-refractivity contribution < 1.29 is 9.59 Å². The highest BCUT2D eigenvalue weighted by Crippen LogP contribution is 2.24. The van der Waals surface area contributed by atoms with Crippen molar-refractivity contribution in [2.24, 2.45) is 10.2 Å². The highest BCUT2D eigenvalue weighted by Gasteiger charge is 2.27. The third-order valence-corrected chi connectivity index (χ3v) is 4.54. The zero-order valence-electron chi connectivity index (χ0n) is 16.1. The molecule has 0 atom stereocenters. The standard InChI is InChI=1S/C21H17N7O2/c1-14(29)28-12-17(10-15-2-6-19(7-3-15)24-26-22)21(30)18(13-28)11-16-4-8-20(9-5-16)25-27-23/h2-11H,12-13H2,1H3/b17-10-,18-11+. The van der Waals surface area contributed by atoms with Gasteiger partial charge in [0.25, 0.3) is 0 Å². The fraction of sp³-hybridized carbons (Fsp3) is 0.143. The second-order valence-electron chi connectivity index (χ2n) is 6.61. The molecule has 0 spiro atoms. The summed E-state index contributed by atoms with van der Waals surface area (Å²) < 4.78 is 0. The molecule has 1 aliphatic heterocycles. The van der Waals surface area contributed by atoms with Crippen LogP contribution in [0.5, 0.6) is 0 Å². The van der Waals surface area contributed by atoms with E-state index in [1.807, 2.05) is 0 Å². The lowest BCUT2D eigenvalue weighted by Crippen LogP contribution is -2.40. The minimum Gasteiger partial charge on any atom is -0.334 e. The Morgan fingerprint density at radius 2 is 1.27 bits per heavy atom. The first-order chi connectivity index (χ1) is 14.5. The van der Waals surface area contributed by atoms with Crippen molar-refractivity contribution in [3.05, 3.63) is 91.7 Å². The first-order valence-corrected chi connectivity index (χ1v) is 9.02. The largest absolute Gasteiger partial charge is 0.334 e. The Hall–Kier alpha value is -4.32. The quantitative estimate of drug-likeness (QED) is 0.292. The number of carbonyl (C=O) groups excluding carboxylic acids is 2. The number of hydrogen-bond donors (Lipinski definition) is 0. The van der Waals surface area contributed by atoms with Gasteiger partial charge in [0.05, 0.1) is 0 Å². The summed E-state index contributed by atoms with van der Waals surface area (Å²) in [5.74, 6) is -0.262. The fourth-order valence-electron chi connectivity index (χ4n) is 3.04. The van der Waals surface area contributed by atoms with E-state index >= 15 is 0 Å². The van der Waals surface area contributed by atoms with Crippen LogP contribution in [0.4, 0.5) is 11.4 Å². The van der Waals surface area contributed by atoms with Gasteiger partial charge >= 0.3 is 0 Å². The highest BCUT2D eigenvalue weighted by atomic mass is 16.2. The molecule has 148 valence electrons. The van der Waals surface area contributed by atoms with Crippen molar-refractivity contribution in [1.82, 2.24) is 4.90 Å². The fourth-order valence-corrected chi connectivity index (χ4v) is 3.04. The molecule has 2 aromatic carbocycles. The van der Waals surface area contributed by atoms with Crippen molar-refractivity contribution in [3.63, 3.8) is 0 Å². The highest BCUT2D eigenvalue weighted by molar-refractivity contribution is 6.15. The molecule has 0 bridgehead atoms. The lowest BCUT2D eigenvalue weighted by atomic mass is 9.94. The molecule has 2 aromatic rings. The van der Waals surface area contributed by atoms with Gasteiger partial charge in [-0.05, 0) is 34.3 Å². The van der Waals surface area contributed by atoms with Gasteiger partial charge in [-0.2, -0.15) is 0 Å². The van der Waals surface area contributed by atoms with E-state index in [9.17, 15) is 9.59 Å². The van der Waals surface area contributed by atoms with Gasteiger partial charge in [0, 0.05) is 52.4 Å². The average Bonchev–Trinajstić information content (AvgIpc) is 2.74. The predicted molar refractivity (Wildman–Crippen MR) is 114 cm³/mol. The van der Waals surface area contributed by atoms with Gasteiger partial charge in [0.15, 0.2) is 5.78 Å². The number of carbonyl (C=O) groups is 2. The molecule has 0 radical (unpaired) electrons. The van der Waals surface area contributed by atoms with E-state index in [1.165, 1.54) is 6.92 Å². The summed E-state index contributed by atoms with van der Waals surface area (Å²) in [7, 11) is 0. The van der Waals surface area contributed by atoms with E-state index in [-0.39, 0.29) is 24.8 Å². The third kappa shape index (κ3) is 4.94. The number of ketones is 1. The Morgan fingerprint density at radius 3 is 1.60 bits per heavy atom.